The highest BCUT2D eigenvalue weighted by Gasteiger charge is 1.74. The zero-order valence-corrected chi connectivity index (χ0v) is 6.18. The van der Waals surface area contributed by atoms with Crippen molar-refractivity contribution in [1.29, 1.82) is 0 Å². The summed E-state index contributed by atoms with van der Waals surface area (Å²) in [6.45, 7) is 1.77. The second-order valence-electron chi connectivity index (χ2n) is 1.82. The summed E-state index contributed by atoms with van der Waals surface area (Å²) in [5.74, 6) is 0. The molecule has 2 nitrogen and oxygen atoms in total. The van der Waals surface area contributed by atoms with Gasteiger partial charge in [-0.1, -0.05) is 12.2 Å². The van der Waals surface area contributed by atoms with Crippen molar-refractivity contribution in [1.82, 2.24) is 5.32 Å². The summed E-state index contributed by atoms with van der Waals surface area (Å²) in [5.41, 5.74) is 0. The van der Waals surface area contributed by atoms with Gasteiger partial charge in [0.15, 0.2) is 0 Å². The van der Waals surface area contributed by atoms with E-state index in [9.17, 15) is 0 Å². The van der Waals surface area contributed by atoms with Gasteiger partial charge < -0.3 is 10.1 Å². The Kier molecular flexibility index (Phi) is 7.37. The summed E-state index contributed by atoms with van der Waals surface area (Å²) in [4.78, 5) is 0. The van der Waals surface area contributed by atoms with Crippen molar-refractivity contribution >= 4 is 0 Å². The molecule has 0 spiro atoms. The van der Waals surface area contributed by atoms with Gasteiger partial charge >= 0.3 is 0 Å². The molecule has 9 heavy (non-hydrogen) atoms. The molecule has 0 aromatic heterocycles. The topological polar surface area (TPSA) is 21.3 Å². The molecular weight excluding hydrogens is 114 g/mol. The van der Waals surface area contributed by atoms with Gasteiger partial charge in [0, 0.05) is 7.11 Å². The van der Waals surface area contributed by atoms with E-state index in [2.05, 4.69) is 11.4 Å². The smallest absolute Gasteiger partial charge is 0.0643 e. The van der Waals surface area contributed by atoms with Crippen LogP contribution in [-0.4, -0.2) is 27.3 Å². The van der Waals surface area contributed by atoms with E-state index >= 15 is 0 Å². The molecule has 0 rings (SSSR count). The summed E-state index contributed by atoms with van der Waals surface area (Å²) in [6.07, 6.45) is 5.22. The quantitative estimate of drug-likeness (QED) is 0.438. The Labute approximate surface area is 56.9 Å². The maximum Gasteiger partial charge on any atom is 0.0643 e. The lowest BCUT2D eigenvalue weighted by Gasteiger charge is -1.90. The maximum absolute atomic E-state index is 4.81. The molecular formula is C7H15NO. The SMILES string of the molecule is CNCC/C=C/COC. The number of methoxy groups -OCH3 is 1. The van der Waals surface area contributed by atoms with E-state index in [4.69, 9.17) is 4.74 Å². The van der Waals surface area contributed by atoms with Crippen molar-refractivity contribution < 1.29 is 4.74 Å². The van der Waals surface area contributed by atoms with Crippen molar-refractivity contribution in [2.75, 3.05) is 27.3 Å². The van der Waals surface area contributed by atoms with Gasteiger partial charge in [0.25, 0.3) is 0 Å². The maximum atomic E-state index is 4.81. The number of nitrogens with one attached hydrogen (secondary N) is 1. The fraction of sp³-hybridized carbons (Fsp3) is 0.714. The first-order valence-corrected chi connectivity index (χ1v) is 3.20. The van der Waals surface area contributed by atoms with Crippen LogP contribution in [0.25, 0.3) is 0 Å². The fourth-order valence-corrected chi connectivity index (χ4v) is 0.510. The average molecular weight is 129 g/mol. The monoisotopic (exact) mass is 129 g/mol. The van der Waals surface area contributed by atoms with Crippen LogP contribution in [0.5, 0.6) is 0 Å². The van der Waals surface area contributed by atoms with E-state index in [-0.39, 0.29) is 0 Å². The number of ether oxygens (including phenoxy) is 1. The van der Waals surface area contributed by atoms with Gasteiger partial charge in [-0.2, -0.15) is 0 Å². The molecule has 1 N–H and O–H groups in total. The summed E-state index contributed by atoms with van der Waals surface area (Å²) in [6, 6.07) is 0. The van der Waals surface area contributed by atoms with Gasteiger partial charge in [-0.15, -0.1) is 0 Å². The highest BCUT2D eigenvalue weighted by Crippen LogP contribution is 1.79. The van der Waals surface area contributed by atoms with Crippen molar-refractivity contribution in [3.8, 4) is 0 Å². The van der Waals surface area contributed by atoms with Gasteiger partial charge in [0.2, 0.25) is 0 Å². The van der Waals surface area contributed by atoms with Crippen LogP contribution in [0.1, 0.15) is 6.42 Å². The second-order valence-corrected chi connectivity index (χ2v) is 1.82. The van der Waals surface area contributed by atoms with E-state index < -0.39 is 0 Å². The second kappa shape index (κ2) is 7.66. The van der Waals surface area contributed by atoms with Gasteiger partial charge in [0.1, 0.15) is 0 Å². The Hall–Kier alpha value is -0.340. The molecule has 2 heteroatoms. The fourth-order valence-electron chi connectivity index (χ4n) is 0.510. The normalized spacial score (nSPS) is 10.9. The van der Waals surface area contributed by atoms with E-state index in [1.807, 2.05) is 13.1 Å². The molecule has 0 bridgehead atoms. The lowest BCUT2D eigenvalue weighted by Crippen LogP contribution is -2.05. The Balaban J connectivity index is 2.86. The molecule has 0 amide bonds. The number of hydrogen-bond donors (Lipinski definition) is 1. The number of rotatable bonds is 5. The van der Waals surface area contributed by atoms with E-state index in [0.29, 0.717) is 0 Å². The lowest BCUT2D eigenvalue weighted by molar-refractivity contribution is 0.233. The van der Waals surface area contributed by atoms with Crippen LogP contribution >= 0.6 is 0 Å². The predicted octanol–water partition coefficient (Wildman–Crippen LogP) is 0.798. The highest BCUT2D eigenvalue weighted by atomic mass is 16.5. The Bertz CT molecular complexity index is 71.3. The molecule has 0 aliphatic rings. The van der Waals surface area contributed by atoms with Gasteiger partial charge in [-0.3, -0.25) is 0 Å². The zero-order valence-electron chi connectivity index (χ0n) is 6.18. The third kappa shape index (κ3) is 7.66. The molecule has 0 saturated carbocycles. The van der Waals surface area contributed by atoms with Crippen molar-refractivity contribution in [3.05, 3.63) is 12.2 Å². The Morgan fingerprint density at radius 3 is 2.78 bits per heavy atom. The van der Waals surface area contributed by atoms with Gasteiger partial charge in [0.05, 0.1) is 6.61 Å². The van der Waals surface area contributed by atoms with Crippen LogP contribution in [0.4, 0.5) is 0 Å². The predicted molar refractivity (Wildman–Crippen MR) is 39.6 cm³/mol. The van der Waals surface area contributed by atoms with Gasteiger partial charge in [-0.25, -0.2) is 0 Å². The molecule has 0 aliphatic carbocycles. The van der Waals surface area contributed by atoms with E-state index in [1.54, 1.807) is 7.11 Å². The first kappa shape index (κ1) is 8.66. The molecule has 0 saturated heterocycles. The summed E-state index contributed by atoms with van der Waals surface area (Å²) < 4.78 is 4.81. The minimum atomic E-state index is 0.726. The van der Waals surface area contributed by atoms with Crippen LogP contribution in [0.2, 0.25) is 0 Å². The molecule has 0 radical (unpaired) electrons. The van der Waals surface area contributed by atoms with Crippen LogP contribution in [-0.2, 0) is 4.74 Å². The zero-order chi connectivity index (χ0) is 6.95. The third-order valence-electron chi connectivity index (χ3n) is 0.991. The standard InChI is InChI=1S/C7H15NO/c1-8-6-4-3-5-7-9-2/h3,5,8H,4,6-7H2,1-2H3/b5-3+. The van der Waals surface area contributed by atoms with Gasteiger partial charge in [-0.05, 0) is 20.0 Å². The van der Waals surface area contributed by atoms with Crippen molar-refractivity contribution in [2.45, 2.75) is 6.42 Å². The summed E-state index contributed by atoms with van der Waals surface area (Å²) in [7, 11) is 3.65. The Morgan fingerprint density at radius 1 is 1.44 bits per heavy atom. The molecule has 0 aliphatic heterocycles. The Morgan fingerprint density at radius 2 is 2.22 bits per heavy atom. The molecule has 54 valence electrons. The molecule has 0 heterocycles. The molecule has 0 aromatic carbocycles. The highest BCUT2D eigenvalue weighted by molar-refractivity contribution is 4.81. The summed E-state index contributed by atoms with van der Waals surface area (Å²) >= 11 is 0. The average Bonchev–Trinajstić information content (AvgIpc) is 1.89. The third-order valence-corrected chi connectivity index (χ3v) is 0.991. The van der Waals surface area contributed by atoms with Crippen LogP contribution < -0.4 is 5.32 Å². The molecule has 0 atom stereocenters. The van der Waals surface area contributed by atoms with Crippen LogP contribution in [0.3, 0.4) is 0 Å². The summed E-state index contributed by atoms with van der Waals surface area (Å²) in [5, 5.41) is 3.05. The van der Waals surface area contributed by atoms with Crippen LogP contribution in [0, 0.1) is 0 Å². The number of hydrogen-bond acceptors (Lipinski definition) is 2. The van der Waals surface area contributed by atoms with E-state index in [1.165, 1.54) is 0 Å². The first-order valence-electron chi connectivity index (χ1n) is 3.20. The van der Waals surface area contributed by atoms with E-state index in [0.717, 1.165) is 19.6 Å². The largest absolute Gasteiger partial charge is 0.381 e. The van der Waals surface area contributed by atoms with Crippen molar-refractivity contribution in [3.63, 3.8) is 0 Å². The molecule has 0 aromatic rings. The lowest BCUT2D eigenvalue weighted by atomic mass is 10.4. The minimum Gasteiger partial charge on any atom is -0.381 e. The minimum absolute atomic E-state index is 0.726. The molecule has 0 fully saturated rings. The van der Waals surface area contributed by atoms with Crippen LogP contribution in [0.15, 0.2) is 12.2 Å². The first-order chi connectivity index (χ1) is 4.41. The molecule has 0 unspecified atom stereocenters. The van der Waals surface area contributed by atoms with Crippen molar-refractivity contribution in [2.24, 2.45) is 0 Å².